The lowest BCUT2D eigenvalue weighted by Crippen LogP contribution is -2.32. The van der Waals surface area contributed by atoms with Gasteiger partial charge in [0.25, 0.3) is 0 Å². The molecule has 0 spiro atoms. The molecule has 2 N–H and O–H groups in total. The molecule has 96 valence electrons. The molecule has 0 saturated carbocycles. The van der Waals surface area contributed by atoms with Crippen LogP contribution in [0.4, 0.5) is 8.78 Å². The molecule has 0 bridgehead atoms. The van der Waals surface area contributed by atoms with E-state index in [9.17, 15) is 8.78 Å². The maximum Gasteiger partial charge on any atom is 0.165 e. The topological polar surface area (TPSA) is 38.5 Å². The summed E-state index contributed by atoms with van der Waals surface area (Å²) in [6, 6.07) is 2.21. The lowest BCUT2D eigenvalue weighted by molar-refractivity contribution is 0.303. The Bertz CT molecular complexity index is 383. The number of rotatable bonds is 5. The lowest BCUT2D eigenvalue weighted by Gasteiger charge is -2.19. The number of hydrogen-bond acceptors (Lipinski definition) is 3. The van der Waals surface area contributed by atoms with Crippen LogP contribution >= 0.6 is 0 Å². The van der Waals surface area contributed by atoms with Crippen molar-refractivity contribution in [2.24, 2.45) is 5.73 Å². The number of likely N-dealkylation sites (N-methyl/N-ethyl adjacent to an activating group) is 1. The summed E-state index contributed by atoms with van der Waals surface area (Å²) in [5.41, 5.74) is 5.93. The second-order valence-electron chi connectivity index (χ2n) is 4.25. The smallest absolute Gasteiger partial charge is 0.165 e. The first-order valence-corrected chi connectivity index (χ1v) is 5.40. The van der Waals surface area contributed by atoms with Crippen molar-refractivity contribution < 1.29 is 13.5 Å². The van der Waals surface area contributed by atoms with Gasteiger partial charge in [-0.1, -0.05) is 0 Å². The molecule has 1 atom stereocenters. The third-order valence-electron chi connectivity index (χ3n) is 2.36. The summed E-state index contributed by atoms with van der Waals surface area (Å²) < 4.78 is 31.7. The Hall–Kier alpha value is -1.20. The Balaban J connectivity index is 2.81. The van der Waals surface area contributed by atoms with Gasteiger partial charge in [0, 0.05) is 30.8 Å². The van der Waals surface area contributed by atoms with Gasteiger partial charge in [-0.05, 0) is 20.0 Å². The van der Waals surface area contributed by atoms with Crippen LogP contribution in [0.2, 0.25) is 0 Å². The molecular weight excluding hydrogens is 226 g/mol. The van der Waals surface area contributed by atoms with Crippen molar-refractivity contribution in [2.75, 3.05) is 20.7 Å². The number of methoxy groups -OCH3 is 1. The Morgan fingerprint density at radius 1 is 1.35 bits per heavy atom. The Morgan fingerprint density at radius 3 is 2.53 bits per heavy atom. The molecule has 3 nitrogen and oxygen atoms in total. The molecule has 0 radical (unpaired) electrons. The highest BCUT2D eigenvalue weighted by Crippen LogP contribution is 2.21. The van der Waals surface area contributed by atoms with E-state index >= 15 is 0 Å². The third kappa shape index (κ3) is 3.94. The van der Waals surface area contributed by atoms with Gasteiger partial charge < -0.3 is 15.4 Å². The van der Waals surface area contributed by atoms with Gasteiger partial charge >= 0.3 is 0 Å². The van der Waals surface area contributed by atoms with Gasteiger partial charge in [0.05, 0.1) is 7.11 Å². The molecule has 1 aromatic carbocycles. The van der Waals surface area contributed by atoms with Gasteiger partial charge in [-0.25, -0.2) is 8.78 Å². The highest BCUT2D eigenvalue weighted by atomic mass is 19.1. The summed E-state index contributed by atoms with van der Waals surface area (Å²) in [7, 11) is 3.12. The Labute approximate surface area is 100 Å². The standard InChI is InChI=1S/C12H18F2N2O/c1-8(15)6-16(2)7-9-4-11(14)12(17-3)5-10(9)13/h4-5,8H,6-7,15H2,1-3H3. The van der Waals surface area contributed by atoms with Gasteiger partial charge in [0.1, 0.15) is 5.82 Å². The van der Waals surface area contributed by atoms with Gasteiger partial charge in [-0.3, -0.25) is 0 Å². The van der Waals surface area contributed by atoms with E-state index < -0.39 is 11.6 Å². The van der Waals surface area contributed by atoms with Crippen molar-refractivity contribution in [1.29, 1.82) is 0 Å². The fraction of sp³-hybridized carbons (Fsp3) is 0.500. The summed E-state index contributed by atoms with van der Waals surface area (Å²) in [5, 5.41) is 0. The molecule has 0 heterocycles. The summed E-state index contributed by atoms with van der Waals surface area (Å²) in [5.74, 6) is -1.11. The van der Waals surface area contributed by atoms with E-state index in [1.807, 2.05) is 18.9 Å². The highest BCUT2D eigenvalue weighted by Gasteiger charge is 2.12. The van der Waals surface area contributed by atoms with Crippen molar-refractivity contribution in [3.05, 3.63) is 29.3 Å². The van der Waals surface area contributed by atoms with Crippen LogP contribution in [0.15, 0.2) is 12.1 Å². The zero-order valence-electron chi connectivity index (χ0n) is 10.3. The number of nitrogens with zero attached hydrogens (tertiary/aromatic N) is 1. The highest BCUT2D eigenvalue weighted by molar-refractivity contribution is 5.30. The van der Waals surface area contributed by atoms with E-state index in [1.54, 1.807) is 0 Å². The van der Waals surface area contributed by atoms with Crippen molar-refractivity contribution in [3.63, 3.8) is 0 Å². The first kappa shape index (κ1) is 13.9. The second kappa shape index (κ2) is 5.93. The molecule has 0 aliphatic rings. The minimum absolute atomic E-state index is 0.00819. The number of hydrogen-bond donors (Lipinski definition) is 1. The fourth-order valence-corrected chi connectivity index (χ4v) is 1.69. The first-order valence-electron chi connectivity index (χ1n) is 5.40. The predicted molar refractivity (Wildman–Crippen MR) is 62.9 cm³/mol. The number of benzene rings is 1. The van der Waals surface area contributed by atoms with E-state index in [0.717, 1.165) is 12.1 Å². The van der Waals surface area contributed by atoms with Gasteiger partial charge in [0.2, 0.25) is 0 Å². The molecular formula is C12H18F2N2O. The molecule has 0 aliphatic carbocycles. The molecule has 1 rings (SSSR count). The van der Waals surface area contributed by atoms with Crippen LogP contribution < -0.4 is 10.5 Å². The molecule has 0 aromatic heterocycles. The second-order valence-corrected chi connectivity index (χ2v) is 4.25. The zero-order valence-corrected chi connectivity index (χ0v) is 10.3. The van der Waals surface area contributed by atoms with Crippen LogP contribution in [0.1, 0.15) is 12.5 Å². The summed E-state index contributed by atoms with van der Waals surface area (Å²) >= 11 is 0. The maximum absolute atomic E-state index is 13.6. The Morgan fingerprint density at radius 2 is 2.00 bits per heavy atom. The van der Waals surface area contributed by atoms with Crippen LogP contribution in [-0.4, -0.2) is 31.6 Å². The van der Waals surface area contributed by atoms with E-state index in [2.05, 4.69) is 0 Å². The summed E-state index contributed by atoms with van der Waals surface area (Å²) in [6.45, 7) is 2.79. The minimum atomic E-state index is -0.557. The summed E-state index contributed by atoms with van der Waals surface area (Å²) in [4.78, 5) is 1.84. The average molecular weight is 244 g/mol. The fourth-order valence-electron chi connectivity index (χ4n) is 1.69. The van der Waals surface area contributed by atoms with Crippen LogP contribution in [0.3, 0.4) is 0 Å². The van der Waals surface area contributed by atoms with Crippen molar-refractivity contribution in [2.45, 2.75) is 19.5 Å². The molecule has 1 unspecified atom stereocenters. The van der Waals surface area contributed by atoms with Crippen LogP contribution in [0.25, 0.3) is 0 Å². The Kier molecular flexibility index (Phi) is 4.84. The molecule has 0 aliphatic heterocycles. The third-order valence-corrected chi connectivity index (χ3v) is 2.36. The molecule has 1 aromatic rings. The van der Waals surface area contributed by atoms with Crippen LogP contribution in [0, 0.1) is 11.6 Å². The first-order chi connectivity index (χ1) is 7.93. The normalized spacial score (nSPS) is 12.9. The van der Waals surface area contributed by atoms with Gasteiger partial charge in [-0.2, -0.15) is 0 Å². The van der Waals surface area contributed by atoms with Crippen LogP contribution in [0.5, 0.6) is 5.75 Å². The van der Waals surface area contributed by atoms with E-state index in [0.29, 0.717) is 18.7 Å². The summed E-state index contributed by atoms with van der Waals surface area (Å²) in [6.07, 6.45) is 0. The molecule has 0 amide bonds. The van der Waals surface area contributed by atoms with Crippen molar-refractivity contribution >= 4 is 0 Å². The SMILES string of the molecule is COc1cc(F)c(CN(C)CC(C)N)cc1F. The predicted octanol–water partition coefficient (Wildman–Crippen LogP) is 1.75. The average Bonchev–Trinajstić information content (AvgIpc) is 2.21. The van der Waals surface area contributed by atoms with E-state index in [1.165, 1.54) is 7.11 Å². The molecule has 0 saturated heterocycles. The molecule has 0 fully saturated rings. The maximum atomic E-state index is 13.6. The minimum Gasteiger partial charge on any atom is -0.494 e. The van der Waals surface area contributed by atoms with Crippen molar-refractivity contribution in [3.8, 4) is 5.75 Å². The number of nitrogens with two attached hydrogens (primary N) is 1. The largest absolute Gasteiger partial charge is 0.494 e. The van der Waals surface area contributed by atoms with E-state index in [4.69, 9.17) is 10.5 Å². The molecule has 17 heavy (non-hydrogen) atoms. The van der Waals surface area contributed by atoms with Gasteiger partial charge in [-0.15, -0.1) is 0 Å². The van der Waals surface area contributed by atoms with Crippen LogP contribution in [-0.2, 0) is 6.54 Å². The number of halogens is 2. The molecule has 5 heteroatoms. The van der Waals surface area contributed by atoms with Crippen molar-refractivity contribution in [1.82, 2.24) is 4.90 Å². The monoisotopic (exact) mass is 244 g/mol. The quantitative estimate of drug-likeness (QED) is 0.857. The lowest BCUT2D eigenvalue weighted by atomic mass is 10.1. The van der Waals surface area contributed by atoms with Gasteiger partial charge in [0.15, 0.2) is 11.6 Å². The number of ether oxygens (including phenoxy) is 1. The zero-order chi connectivity index (χ0) is 13.0. The van der Waals surface area contributed by atoms with E-state index in [-0.39, 0.29) is 11.8 Å².